The molecule has 70 heavy (non-hydrogen) atoms. The fourth-order valence-corrected chi connectivity index (χ4v) is 11.8. The zero-order valence-corrected chi connectivity index (χ0v) is 38.1. The molecule has 0 fully saturated rings. The third-order valence-electron chi connectivity index (χ3n) is 13.9. The second-order valence-corrected chi connectivity index (χ2v) is 19.0. The van der Waals surface area contributed by atoms with E-state index in [1.807, 2.05) is 54.6 Å². The summed E-state index contributed by atoms with van der Waals surface area (Å²) in [4.78, 5) is 15.5. The molecule has 15 aromatic rings. The van der Waals surface area contributed by atoms with Crippen LogP contribution in [0, 0.1) is 0 Å². The summed E-state index contributed by atoms with van der Waals surface area (Å²) in [6.45, 7) is 0. The molecule has 7 heteroatoms. The summed E-state index contributed by atoms with van der Waals surface area (Å²) in [5, 5.41) is 9.03. The highest BCUT2D eigenvalue weighted by atomic mass is 32.1. The Kier molecular flexibility index (Phi) is 8.43. The molecule has 0 aliphatic rings. The molecule has 5 aromatic heterocycles. The second kappa shape index (κ2) is 15.2. The Morgan fingerprint density at radius 2 is 0.929 bits per heavy atom. The molecule has 0 aliphatic heterocycles. The largest absolute Gasteiger partial charge is 0.456 e. The molecule has 326 valence electrons. The Balaban J connectivity index is 0.876. The first kappa shape index (κ1) is 38.9. The zero-order valence-electron chi connectivity index (χ0n) is 37.3. The first-order chi connectivity index (χ1) is 34.7. The Hall–Kier alpha value is -9.17. The van der Waals surface area contributed by atoms with E-state index in [1.54, 1.807) is 11.3 Å². The SMILES string of the molecule is c1ccc(-c2nc(-c3ccc4c(c3)oc3ccccc34)nc(-c3cccc4sc5ccc(-c6cccc7oc8ccc(-c9ccc%10c(c9)c9ccccc9n%10-c9ccccc9)cc8c67)cc5c34)n2)cc1. The van der Waals surface area contributed by atoms with E-state index in [9.17, 15) is 0 Å². The molecule has 0 unspecified atom stereocenters. The van der Waals surface area contributed by atoms with Crippen LogP contribution in [0.3, 0.4) is 0 Å². The van der Waals surface area contributed by atoms with E-state index in [1.165, 1.54) is 26.5 Å². The van der Waals surface area contributed by atoms with E-state index in [0.29, 0.717) is 17.5 Å². The van der Waals surface area contributed by atoms with Gasteiger partial charge in [0.1, 0.15) is 22.3 Å². The Bertz CT molecular complexity index is 4600. The van der Waals surface area contributed by atoms with Gasteiger partial charge in [0.2, 0.25) is 0 Å². The van der Waals surface area contributed by atoms with Crippen molar-refractivity contribution in [3.8, 4) is 62.1 Å². The van der Waals surface area contributed by atoms with Crippen LogP contribution in [0.2, 0.25) is 0 Å². The predicted octanol–water partition coefficient (Wildman–Crippen LogP) is 17.5. The lowest BCUT2D eigenvalue weighted by Gasteiger charge is -2.10. The van der Waals surface area contributed by atoms with Crippen LogP contribution in [0.15, 0.2) is 227 Å². The van der Waals surface area contributed by atoms with Gasteiger partial charge in [0.15, 0.2) is 17.5 Å². The van der Waals surface area contributed by atoms with Gasteiger partial charge < -0.3 is 13.4 Å². The molecular formula is C63H36N4O2S. The summed E-state index contributed by atoms with van der Waals surface area (Å²) in [5.41, 5.74) is 14.1. The van der Waals surface area contributed by atoms with Crippen molar-refractivity contribution in [1.82, 2.24) is 19.5 Å². The maximum absolute atomic E-state index is 6.61. The third kappa shape index (κ3) is 6.02. The number of aromatic nitrogens is 4. The van der Waals surface area contributed by atoms with E-state index < -0.39 is 0 Å². The number of hydrogen-bond donors (Lipinski definition) is 0. The van der Waals surface area contributed by atoms with E-state index >= 15 is 0 Å². The van der Waals surface area contributed by atoms with E-state index in [-0.39, 0.29) is 0 Å². The number of rotatable bonds is 6. The summed E-state index contributed by atoms with van der Waals surface area (Å²) < 4.78 is 17.6. The van der Waals surface area contributed by atoms with Gasteiger partial charge in [-0.3, -0.25) is 0 Å². The van der Waals surface area contributed by atoms with E-state index in [0.717, 1.165) is 104 Å². The van der Waals surface area contributed by atoms with Gasteiger partial charge in [0.25, 0.3) is 0 Å². The van der Waals surface area contributed by atoms with Crippen LogP contribution >= 0.6 is 11.3 Å². The fraction of sp³-hybridized carbons (Fsp3) is 0. The predicted molar refractivity (Wildman–Crippen MR) is 289 cm³/mol. The van der Waals surface area contributed by atoms with Crippen molar-refractivity contribution in [3.05, 3.63) is 218 Å². The van der Waals surface area contributed by atoms with Crippen molar-refractivity contribution >= 4 is 97.2 Å². The van der Waals surface area contributed by atoms with Gasteiger partial charge in [-0.2, -0.15) is 0 Å². The first-order valence-corrected chi connectivity index (χ1v) is 24.2. The number of furan rings is 2. The number of thiophene rings is 1. The summed E-state index contributed by atoms with van der Waals surface area (Å²) in [6, 6.07) is 76.9. The van der Waals surface area contributed by atoms with Crippen LogP contribution in [-0.4, -0.2) is 19.5 Å². The summed E-state index contributed by atoms with van der Waals surface area (Å²) >= 11 is 1.78. The van der Waals surface area contributed by atoms with Gasteiger partial charge in [-0.15, -0.1) is 11.3 Å². The Morgan fingerprint density at radius 1 is 0.314 bits per heavy atom. The molecule has 0 amide bonds. The lowest BCUT2D eigenvalue weighted by molar-refractivity contribution is 0.668. The highest BCUT2D eigenvalue weighted by Gasteiger charge is 2.21. The van der Waals surface area contributed by atoms with Crippen LogP contribution in [-0.2, 0) is 0 Å². The van der Waals surface area contributed by atoms with Gasteiger partial charge in [0, 0.05) is 74.9 Å². The highest BCUT2D eigenvalue weighted by Crippen LogP contribution is 2.45. The van der Waals surface area contributed by atoms with Crippen molar-refractivity contribution in [1.29, 1.82) is 0 Å². The van der Waals surface area contributed by atoms with Crippen LogP contribution < -0.4 is 0 Å². The molecule has 0 radical (unpaired) electrons. The van der Waals surface area contributed by atoms with Gasteiger partial charge in [0.05, 0.1) is 11.0 Å². The molecule has 0 bridgehead atoms. The smallest absolute Gasteiger partial charge is 0.164 e. The van der Waals surface area contributed by atoms with Crippen molar-refractivity contribution in [2.75, 3.05) is 0 Å². The monoisotopic (exact) mass is 912 g/mol. The molecule has 0 N–H and O–H groups in total. The van der Waals surface area contributed by atoms with Crippen LogP contribution in [0.5, 0.6) is 0 Å². The quantitative estimate of drug-likeness (QED) is 0.166. The molecule has 6 nitrogen and oxygen atoms in total. The average molecular weight is 913 g/mol. The van der Waals surface area contributed by atoms with Crippen LogP contribution in [0.25, 0.3) is 148 Å². The molecule has 0 saturated carbocycles. The number of benzene rings is 10. The van der Waals surface area contributed by atoms with Crippen molar-refractivity contribution in [2.45, 2.75) is 0 Å². The van der Waals surface area contributed by atoms with Gasteiger partial charge >= 0.3 is 0 Å². The molecule has 0 aliphatic carbocycles. The van der Waals surface area contributed by atoms with Gasteiger partial charge in [-0.1, -0.05) is 133 Å². The Labute approximate surface area is 404 Å². The molecule has 5 heterocycles. The van der Waals surface area contributed by atoms with Crippen molar-refractivity contribution in [2.24, 2.45) is 0 Å². The molecule has 10 aromatic carbocycles. The second-order valence-electron chi connectivity index (χ2n) is 17.9. The zero-order chi connectivity index (χ0) is 45.9. The van der Waals surface area contributed by atoms with Gasteiger partial charge in [-0.05, 0) is 107 Å². The van der Waals surface area contributed by atoms with Crippen LogP contribution in [0.1, 0.15) is 0 Å². The Morgan fingerprint density at radius 3 is 1.81 bits per heavy atom. The number of hydrogen-bond acceptors (Lipinski definition) is 6. The summed E-state index contributed by atoms with van der Waals surface area (Å²) in [7, 11) is 0. The lowest BCUT2D eigenvalue weighted by Crippen LogP contribution is -2.00. The maximum atomic E-state index is 6.61. The third-order valence-corrected chi connectivity index (χ3v) is 15.0. The number of nitrogens with zero attached hydrogens (tertiary/aromatic N) is 4. The standard InChI is InChI=1S/C63H36N4O2S/c1-3-13-37(14-4-1)61-64-62(41-25-29-46-45-18-8-10-22-53(45)69-56(46)36-41)66-63(65-61)47-20-12-24-58-60(47)50-35-40(28-32-57(50)70-58)43-19-11-23-55-59(43)49-34-39(27-31-54(49)68-55)38-26-30-52-48(33-38)44-17-7-9-21-51(44)67(52)42-15-5-2-6-16-42/h1-36H. The molecular weight excluding hydrogens is 877 g/mol. The molecule has 0 saturated heterocycles. The number of para-hydroxylation sites is 3. The lowest BCUT2D eigenvalue weighted by atomic mass is 9.95. The summed E-state index contributed by atoms with van der Waals surface area (Å²) in [6.07, 6.45) is 0. The number of fused-ring (bicyclic) bond motifs is 12. The van der Waals surface area contributed by atoms with Gasteiger partial charge in [-0.25, -0.2) is 15.0 Å². The minimum absolute atomic E-state index is 0.584. The fourth-order valence-electron chi connectivity index (χ4n) is 10.6. The topological polar surface area (TPSA) is 69.9 Å². The van der Waals surface area contributed by atoms with E-state index in [2.05, 4.69) is 168 Å². The highest BCUT2D eigenvalue weighted by molar-refractivity contribution is 7.26. The summed E-state index contributed by atoms with van der Waals surface area (Å²) in [5.74, 6) is 1.81. The molecule has 0 spiro atoms. The normalized spacial score (nSPS) is 12.0. The van der Waals surface area contributed by atoms with Crippen molar-refractivity contribution in [3.63, 3.8) is 0 Å². The maximum Gasteiger partial charge on any atom is 0.164 e. The minimum Gasteiger partial charge on any atom is -0.456 e. The molecule has 0 atom stereocenters. The van der Waals surface area contributed by atoms with Crippen molar-refractivity contribution < 1.29 is 8.83 Å². The molecule has 15 rings (SSSR count). The first-order valence-electron chi connectivity index (χ1n) is 23.4. The van der Waals surface area contributed by atoms with E-state index in [4.69, 9.17) is 23.8 Å². The average Bonchev–Trinajstić information content (AvgIpc) is 4.19. The minimum atomic E-state index is 0.584. The van der Waals surface area contributed by atoms with Crippen LogP contribution in [0.4, 0.5) is 0 Å².